The van der Waals surface area contributed by atoms with Crippen LogP contribution in [0.3, 0.4) is 0 Å². The number of carbonyl (C=O) groups is 1. The van der Waals surface area contributed by atoms with Crippen molar-refractivity contribution in [2.75, 3.05) is 0 Å². The van der Waals surface area contributed by atoms with E-state index in [9.17, 15) is 9.90 Å². The lowest BCUT2D eigenvalue weighted by atomic mass is 10.1. The van der Waals surface area contributed by atoms with Crippen molar-refractivity contribution in [2.24, 2.45) is 0 Å². The Hall–Kier alpha value is -1.72. The predicted molar refractivity (Wildman–Crippen MR) is 73.2 cm³/mol. The topological polar surface area (TPSA) is 62.2 Å². The molecular weight excluding hydrogens is 260 g/mol. The first-order valence-electron chi connectivity index (χ1n) is 6.14. The fourth-order valence-electron chi connectivity index (χ4n) is 2.43. The van der Waals surface area contributed by atoms with Crippen LogP contribution in [-0.4, -0.2) is 22.1 Å². The molecule has 1 aliphatic rings. The van der Waals surface area contributed by atoms with Gasteiger partial charge in [-0.15, -0.1) is 11.3 Å². The minimum Gasteiger partial charge on any atom is -0.390 e. The highest BCUT2D eigenvalue weighted by atomic mass is 32.1. The Balaban J connectivity index is 1.82. The summed E-state index contributed by atoms with van der Waals surface area (Å²) in [5.74, 6) is -0.231. The zero-order chi connectivity index (χ0) is 13.4. The number of hydrogen-bond donors (Lipinski definition) is 2. The van der Waals surface area contributed by atoms with Gasteiger partial charge in [-0.2, -0.15) is 0 Å². The van der Waals surface area contributed by atoms with Crippen LogP contribution in [0.4, 0.5) is 0 Å². The molecule has 1 aliphatic carbocycles. The average molecular weight is 274 g/mol. The van der Waals surface area contributed by atoms with Gasteiger partial charge in [0.15, 0.2) is 0 Å². The number of benzene rings is 1. The minimum atomic E-state index is -0.568. The van der Waals surface area contributed by atoms with Crippen molar-refractivity contribution in [1.82, 2.24) is 10.3 Å². The summed E-state index contributed by atoms with van der Waals surface area (Å²) in [6, 6.07) is 7.45. The van der Waals surface area contributed by atoms with Crippen LogP contribution < -0.4 is 5.32 Å². The minimum absolute atomic E-state index is 0.231. The number of rotatable bonds is 2. The van der Waals surface area contributed by atoms with Crippen LogP contribution in [-0.2, 0) is 6.42 Å². The third kappa shape index (κ3) is 2.27. The van der Waals surface area contributed by atoms with Gasteiger partial charge in [0.05, 0.1) is 17.2 Å². The molecule has 0 spiro atoms. The molecule has 0 bridgehead atoms. The monoisotopic (exact) mass is 274 g/mol. The Kier molecular flexibility index (Phi) is 3.08. The van der Waals surface area contributed by atoms with Crippen molar-refractivity contribution in [1.29, 1.82) is 0 Å². The lowest BCUT2D eigenvalue weighted by Gasteiger charge is -2.17. The molecule has 4 nitrogen and oxygen atoms in total. The number of hydrogen-bond acceptors (Lipinski definition) is 4. The first-order chi connectivity index (χ1) is 9.15. The standard InChI is InChI=1S/C14H14N2O2S/c1-8-15-11(7-19-8)14(18)16-13-10-5-3-2-4-9(10)6-12(13)17/h2-5,7,12-13,17H,6H2,1H3,(H,16,18)/t12-,13+/m0/s1. The van der Waals surface area contributed by atoms with E-state index in [-0.39, 0.29) is 11.9 Å². The number of aliphatic hydroxyl groups is 1. The fraction of sp³-hybridized carbons (Fsp3) is 0.286. The summed E-state index contributed by atoms with van der Waals surface area (Å²) in [6.45, 7) is 1.86. The smallest absolute Gasteiger partial charge is 0.271 e. The van der Waals surface area contributed by atoms with Crippen molar-refractivity contribution in [3.8, 4) is 0 Å². The van der Waals surface area contributed by atoms with Gasteiger partial charge in [-0.25, -0.2) is 4.98 Å². The normalized spacial score (nSPS) is 21.2. The Morgan fingerprint density at radius 1 is 1.47 bits per heavy atom. The molecule has 5 heteroatoms. The lowest BCUT2D eigenvalue weighted by molar-refractivity contribution is 0.0854. The zero-order valence-corrected chi connectivity index (χ0v) is 11.3. The number of fused-ring (bicyclic) bond motifs is 1. The molecule has 1 heterocycles. The van der Waals surface area contributed by atoms with Crippen LogP contribution in [0.1, 0.15) is 32.7 Å². The van der Waals surface area contributed by atoms with E-state index in [1.54, 1.807) is 5.38 Å². The second-order valence-corrected chi connectivity index (χ2v) is 5.74. The maximum absolute atomic E-state index is 12.1. The van der Waals surface area contributed by atoms with Crippen molar-refractivity contribution < 1.29 is 9.90 Å². The molecule has 2 atom stereocenters. The maximum atomic E-state index is 12.1. The van der Waals surface area contributed by atoms with Gasteiger partial charge in [0.1, 0.15) is 5.69 Å². The first-order valence-corrected chi connectivity index (χ1v) is 7.02. The molecule has 0 saturated heterocycles. The summed E-state index contributed by atoms with van der Waals surface area (Å²) in [5.41, 5.74) is 2.50. The number of aliphatic hydroxyl groups excluding tert-OH is 1. The molecular formula is C14H14N2O2S. The van der Waals surface area contributed by atoms with Crippen LogP contribution in [0, 0.1) is 6.92 Å². The Bertz CT molecular complexity index is 623. The van der Waals surface area contributed by atoms with Crippen LogP contribution >= 0.6 is 11.3 Å². The number of aryl methyl sites for hydroxylation is 1. The van der Waals surface area contributed by atoms with Gasteiger partial charge >= 0.3 is 0 Å². The summed E-state index contributed by atoms with van der Waals surface area (Å²) in [7, 11) is 0. The molecule has 0 aliphatic heterocycles. The van der Waals surface area contributed by atoms with Crippen molar-refractivity contribution in [3.05, 3.63) is 51.5 Å². The van der Waals surface area contributed by atoms with Crippen molar-refractivity contribution >= 4 is 17.2 Å². The Labute approximate surface area is 115 Å². The van der Waals surface area contributed by atoms with Gasteiger partial charge in [0, 0.05) is 11.8 Å². The third-order valence-corrected chi connectivity index (χ3v) is 4.12. The van der Waals surface area contributed by atoms with Gasteiger partial charge in [0.2, 0.25) is 0 Å². The van der Waals surface area contributed by atoms with Crippen molar-refractivity contribution in [2.45, 2.75) is 25.5 Å². The van der Waals surface area contributed by atoms with Gasteiger partial charge in [-0.05, 0) is 18.1 Å². The number of amides is 1. The molecule has 98 valence electrons. The molecule has 0 saturated carbocycles. The third-order valence-electron chi connectivity index (χ3n) is 3.34. The molecule has 2 aromatic rings. The number of nitrogens with zero attached hydrogens (tertiary/aromatic N) is 1. The van der Waals surface area contributed by atoms with Gasteiger partial charge < -0.3 is 10.4 Å². The SMILES string of the molecule is Cc1nc(C(=O)N[C@@H]2c3ccccc3C[C@@H]2O)cs1. The highest BCUT2D eigenvalue weighted by Crippen LogP contribution is 2.31. The fourth-order valence-corrected chi connectivity index (χ4v) is 3.02. The second-order valence-electron chi connectivity index (χ2n) is 4.67. The van der Waals surface area contributed by atoms with Gasteiger partial charge in [-0.3, -0.25) is 4.79 Å². The highest BCUT2D eigenvalue weighted by Gasteiger charge is 2.32. The molecule has 3 rings (SSSR count). The van der Waals surface area contributed by atoms with E-state index in [0.717, 1.165) is 16.1 Å². The van der Waals surface area contributed by atoms with E-state index >= 15 is 0 Å². The average Bonchev–Trinajstić information content (AvgIpc) is 2.95. The molecule has 2 N–H and O–H groups in total. The Morgan fingerprint density at radius 2 is 2.26 bits per heavy atom. The number of carbonyl (C=O) groups excluding carboxylic acids is 1. The summed E-state index contributed by atoms with van der Waals surface area (Å²) in [6.07, 6.45) is 0.0121. The lowest BCUT2D eigenvalue weighted by Crippen LogP contribution is -2.34. The molecule has 0 unspecified atom stereocenters. The molecule has 19 heavy (non-hydrogen) atoms. The van der Waals surface area contributed by atoms with E-state index in [2.05, 4.69) is 10.3 Å². The van der Waals surface area contributed by atoms with E-state index in [0.29, 0.717) is 12.1 Å². The first kappa shape index (κ1) is 12.3. The maximum Gasteiger partial charge on any atom is 0.271 e. The molecule has 0 fully saturated rings. The van der Waals surface area contributed by atoms with Crippen LogP contribution in [0.5, 0.6) is 0 Å². The number of thiazole rings is 1. The number of aromatic nitrogens is 1. The molecule has 1 aromatic carbocycles. The van der Waals surface area contributed by atoms with Gasteiger partial charge in [0.25, 0.3) is 5.91 Å². The predicted octanol–water partition coefficient (Wildman–Crippen LogP) is 1.84. The van der Waals surface area contributed by atoms with Gasteiger partial charge in [-0.1, -0.05) is 24.3 Å². The second kappa shape index (κ2) is 4.75. The van der Waals surface area contributed by atoms with E-state index in [1.165, 1.54) is 11.3 Å². The summed E-state index contributed by atoms with van der Waals surface area (Å²) < 4.78 is 0. The largest absolute Gasteiger partial charge is 0.390 e. The summed E-state index contributed by atoms with van der Waals surface area (Å²) in [4.78, 5) is 16.2. The van der Waals surface area contributed by atoms with Crippen LogP contribution in [0.25, 0.3) is 0 Å². The van der Waals surface area contributed by atoms with Crippen LogP contribution in [0.2, 0.25) is 0 Å². The summed E-state index contributed by atoms with van der Waals surface area (Å²) >= 11 is 1.44. The number of nitrogens with one attached hydrogen (secondary N) is 1. The van der Waals surface area contributed by atoms with Crippen molar-refractivity contribution in [3.63, 3.8) is 0 Å². The quantitative estimate of drug-likeness (QED) is 0.878. The van der Waals surface area contributed by atoms with E-state index in [4.69, 9.17) is 0 Å². The van der Waals surface area contributed by atoms with E-state index in [1.807, 2.05) is 31.2 Å². The highest BCUT2D eigenvalue weighted by molar-refractivity contribution is 7.09. The zero-order valence-electron chi connectivity index (χ0n) is 10.5. The molecule has 0 radical (unpaired) electrons. The van der Waals surface area contributed by atoms with Crippen LogP contribution in [0.15, 0.2) is 29.6 Å². The molecule has 1 amide bonds. The Morgan fingerprint density at radius 3 is 3.00 bits per heavy atom. The molecule has 1 aromatic heterocycles. The van der Waals surface area contributed by atoms with E-state index < -0.39 is 6.10 Å². The summed E-state index contributed by atoms with van der Waals surface area (Å²) in [5, 5.41) is 15.5.